The number of nitrogens with zero attached hydrogens (tertiary/aromatic N) is 1. The van der Waals surface area contributed by atoms with Gasteiger partial charge < -0.3 is 0 Å². The van der Waals surface area contributed by atoms with Gasteiger partial charge in [0.25, 0.3) is 0 Å². The fraction of sp³-hybridized carbons (Fsp3) is 0.462. The Bertz CT molecular complexity index is 426. The molecule has 0 aliphatic heterocycles. The van der Waals surface area contributed by atoms with Gasteiger partial charge in [0.15, 0.2) is 0 Å². The van der Waals surface area contributed by atoms with E-state index in [1.807, 2.05) is 0 Å². The van der Waals surface area contributed by atoms with Crippen molar-refractivity contribution in [2.45, 2.75) is 39.5 Å². The molecule has 0 aliphatic carbocycles. The third-order valence-corrected chi connectivity index (χ3v) is 3.47. The van der Waals surface area contributed by atoms with E-state index in [9.17, 15) is 0 Å². The molecule has 0 fully saturated rings. The van der Waals surface area contributed by atoms with Crippen LogP contribution < -0.4 is 0 Å². The highest BCUT2D eigenvalue weighted by molar-refractivity contribution is 7.04. The Morgan fingerprint density at radius 2 is 1.60 bits per heavy atom. The first kappa shape index (κ1) is 10.6. The molecule has 80 valence electrons. The molecule has 1 heterocycles. The minimum absolute atomic E-state index is 0.552. The molecule has 0 atom stereocenters. The summed E-state index contributed by atoms with van der Waals surface area (Å²) in [6.07, 6.45) is 0. The standard InChI is InChI=1S/C13H17NS/c1-8(2)10-5-6-11(9(3)4)13-12(10)7-15-14-13/h5-9H,1-4H3. The maximum atomic E-state index is 4.52. The molecular weight excluding hydrogens is 202 g/mol. The van der Waals surface area contributed by atoms with E-state index in [1.54, 1.807) is 11.5 Å². The molecule has 2 heteroatoms. The number of fused-ring (bicyclic) bond motifs is 1. The van der Waals surface area contributed by atoms with Crippen LogP contribution in [-0.4, -0.2) is 4.37 Å². The van der Waals surface area contributed by atoms with Gasteiger partial charge in [0, 0.05) is 10.8 Å². The topological polar surface area (TPSA) is 12.9 Å². The van der Waals surface area contributed by atoms with Gasteiger partial charge in [0.2, 0.25) is 0 Å². The minimum Gasteiger partial charge on any atom is -0.192 e. The van der Waals surface area contributed by atoms with Crippen molar-refractivity contribution in [2.24, 2.45) is 0 Å². The van der Waals surface area contributed by atoms with Gasteiger partial charge in [-0.15, -0.1) is 0 Å². The molecule has 1 nitrogen and oxygen atoms in total. The Morgan fingerprint density at radius 1 is 1.00 bits per heavy atom. The van der Waals surface area contributed by atoms with Crippen LogP contribution in [0.2, 0.25) is 0 Å². The molecule has 0 amide bonds. The molecule has 0 saturated carbocycles. The van der Waals surface area contributed by atoms with Gasteiger partial charge in [-0.1, -0.05) is 39.8 Å². The third kappa shape index (κ3) is 1.78. The molecule has 2 aromatic rings. The summed E-state index contributed by atoms with van der Waals surface area (Å²) in [6, 6.07) is 4.50. The van der Waals surface area contributed by atoms with Gasteiger partial charge in [-0.2, -0.15) is 4.37 Å². The van der Waals surface area contributed by atoms with Crippen LogP contribution in [-0.2, 0) is 0 Å². The van der Waals surface area contributed by atoms with E-state index in [4.69, 9.17) is 0 Å². The minimum atomic E-state index is 0.552. The second kappa shape index (κ2) is 3.93. The Labute approximate surface area is 95.3 Å². The Hall–Kier alpha value is -0.890. The molecule has 0 spiro atoms. The molecule has 0 radical (unpaired) electrons. The highest BCUT2D eigenvalue weighted by atomic mass is 32.1. The predicted octanol–water partition coefficient (Wildman–Crippen LogP) is 4.54. The van der Waals surface area contributed by atoms with Crippen molar-refractivity contribution in [2.75, 3.05) is 0 Å². The van der Waals surface area contributed by atoms with Gasteiger partial charge in [0.1, 0.15) is 0 Å². The SMILES string of the molecule is CC(C)c1ccc(C(C)C)c2nscc12. The zero-order valence-corrected chi connectivity index (χ0v) is 10.6. The zero-order chi connectivity index (χ0) is 11.0. The second-order valence-electron chi connectivity index (χ2n) is 4.63. The highest BCUT2D eigenvalue weighted by Gasteiger charge is 2.12. The van der Waals surface area contributed by atoms with Crippen LogP contribution >= 0.6 is 11.5 Å². The number of rotatable bonds is 2. The molecule has 15 heavy (non-hydrogen) atoms. The first-order valence-electron chi connectivity index (χ1n) is 5.48. The lowest BCUT2D eigenvalue weighted by Crippen LogP contribution is -1.94. The summed E-state index contributed by atoms with van der Waals surface area (Å²) >= 11 is 1.57. The lowest BCUT2D eigenvalue weighted by Gasteiger charge is -2.11. The summed E-state index contributed by atoms with van der Waals surface area (Å²) in [5.41, 5.74) is 4.00. The number of hydrogen-bond donors (Lipinski definition) is 0. The van der Waals surface area contributed by atoms with Gasteiger partial charge in [-0.25, -0.2) is 0 Å². The summed E-state index contributed by atoms with van der Waals surface area (Å²) in [5.74, 6) is 1.13. The number of aromatic nitrogens is 1. The van der Waals surface area contributed by atoms with Crippen molar-refractivity contribution in [1.82, 2.24) is 4.37 Å². The molecule has 0 N–H and O–H groups in total. The largest absolute Gasteiger partial charge is 0.192 e. The lowest BCUT2D eigenvalue weighted by molar-refractivity contribution is 0.858. The van der Waals surface area contributed by atoms with Crippen LogP contribution in [0.25, 0.3) is 10.9 Å². The van der Waals surface area contributed by atoms with Crippen LogP contribution in [0.3, 0.4) is 0 Å². The average molecular weight is 219 g/mol. The van der Waals surface area contributed by atoms with Crippen molar-refractivity contribution < 1.29 is 0 Å². The molecule has 1 aromatic heterocycles. The summed E-state index contributed by atoms with van der Waals surface area (Å²) < 4.78 is 4.52. The molecule has 1 aromatic carbocycles. The van der Waals surface area contributed by atoms with Crippen molar-refractivity contribution >= 4 is 22.4 Å². The monoisotopic (exact) mass is 219 g/mol. The van der Waals surface area contributed by atoms with Crippen LogP contribution in [0.5, 0.6) is 0 Å². The van der Waals surface area contributed by atoms with E-state index in [1.165, 1.54) is 22.0 Å². The Morgan fingerprint density at radius 3 is 2.20 bits per heavy atom. The fourth-order valence-corrected chi connectivity index (χ4v) is 2.68. The summed E-state index contributed by atoms with van der Waals surface area (Å²) in [7, 11) is 0. The average Bonchev–Trinajstić information content (AvgIpc) is 2.63. The smallest absolute Gasteiger partial charge is 0.0878 e. The highest BCUT2D eigenvalue weighted by Crippen LogP contribution is 2.31. The van der Waals surface area contributed by atoms with E-state index < -0.39 is 0 Å². The van der Waals surface area contributed by atoms with Crippen molar-refractivity contribution in [1.29, 1.82) is 0 Å². The van der Waals surface area contributed by atoms with Crippen molar-refractivity contribution in [3.05, 3.63) is 28.6 Å². The summed E-state index contributed by atoms with van der Waals surface area (Å²) in [6.45, 7) is 8.93. The third-order valence-electron chi connectivity index (χ3n) is 2.84. The maximum absolute atomic E-state index is 4.52. The molecule has 0 aliphatic rings. The van der Waals surface area contributed by atoms with Gasteiger partial charge in [-0.3, -0.25) is 0 Å². The molecule has 0 unspecified atom stereocenters. The first-order valence-corrected chi connectivity index (χ1v) is 6.31. The molecule has 0 bridgehead atoms. The van der Waals surface area contributed by atoms with Crippen LogP contribution in [0.4, 0.5) is 0 Å². The van der Waals surface area contributed by atoms with E-state index in [2.05, 4.69) is 49.6 Å². The van der Waals surface area contributed by atoms with E-state index >= 15 is 0 Å². The molecule has 2 rings (SSSR count). The van der Waals surface area contributed by atoms with Crippen LogP contribution in [0, 0.1) is 0 Å². The molecule has 0 saturated heterocycles. The van der Waals surface area contributed by atoms with Crippen molar-refractivity contribution in [3.63, 3.8) is 0 Å². The van der Waals surface area contributed by atoms with Crippen LogP contribution in [0.15, 0.2) is 17.5 Å². The number of benzene rings is 1. The molecular formula is C13H17NS. The van der Waals surface area contributed by atoms with Crippen LogP contribution in [0.1, 0.15) is 50.7 Å². The van der Waals surface area contributed by atoms with Gasteiger partial charge in [0.05, 0.1) is 5.52 Å². The normalized spacial score (nSPS) is 11.9. The van der Waals surface area contributed by atoms with E-state index in [0.29, 0.717) is 11.8 Å². The predicted molar refractivity (Wildman–Crippen MR) is 67.8 cm³/mol. The lowest BCUT2D eigenvalue weighted by atomic mass is 9.93. The van der Waals surface area contributed by atoms with Crippen molar-refractivity contribution in [3.8, 4) is 0 Å². The van der Waals surface area contributed by atoms with Gasteiger partial charge in [-0.05, 0) is 34.5 Å². The van der Waals surface area contributed by atoms with Gasteiger partial charge >= 0.3 is 0 Å². The fourth-order valence-electron chi connectivity index (χ4n) is 1.97. The first-order chi connectivity index (χ1) is 7.11. The summed E-state index contributed by atoms with van der Waals surface area (Å²) in [4.78, 5) is 0. The van der Waals surface area contributed by atoms with E-state index in [-0.39, 0.29) is 0 Å². The zero-order valence-electron chi connectivity index (χ0n) is 9.74. The quantitative estimate of drug-likeness (QED) is 0.722. The van der Waals surface area contributed by atoms with E-state index in [0.717, 1.165) is 0 Å². The number of hydrogen-bond acceptors (Lipinski definition) is 2. The Kier molecular flexibility index (Phi) is 2.79. The maximum Gasteiger partial charge on any atom is 0.0878 e. The summed E-state index contributed by atoms with van der Waals surface area (Å²) in [5, 5.41) is 3.53. The second-order valence-corrected chi connectivity index (χ2v) is 5.26. The Balaban J connectivity index is 2.71.